The van der Waals surface area contributed by atoms with Crippen molar-refractivity contribution in [1.82, 2.24) is 4.90 Å². The summed E-state index contributed by atoms with van der Waals surface area (Å²) >= 11 is 0. The fourth-order valence-electron chi connectivity index (χ4n) is 3.31. The summed E-state index contributed by atoms with van der Waals surface area (Å²) in [6, 6.07) is 2.07. The molecular weight excluding hydrogens is 344 g/mol. The molecule has 0 radical (unpaired) electrons. The summed E-state index contributed by atoms with van der Waals surface area (Å²) in [4.78, 5) is 26.3. The van der Waals surface area contributed by atoms with Crippen molar-refractivity contribution in [2.24, 2.45) is 0 Å². The number of amides is 2. The molecule has 1 aromatic rings. The minimum Gasteiger partial charge on any atom is -0.444 e. The number of aryl methyl sites for hydroxylation is 1. The van der Waals surface area contributed by atoms with E-state index in [4.69, 9.17) is 9.47 Å². The summed E-state index contributed by atoms with van der Waals surface area (Å²) in [5, 5.41) is 3.03. The molecule has 0 saturated carbocycles. The zero-order valence-corrected chi connectivity index (χ0v) is 17.4. The van der Waals surface area contributed by atoms with E-state index in [1.54, 1.807) is 4.90 Å². The second-order valence-electron chi connectivity index (χ2n) is 7.98. The molecule has 0 aromatic heterocycles. The SMILES string of the molecule is CCOCCC(=O)Nc1c(C)cc2c(c1C)CCN(C(=O)OC(C)(C)C)C2. The largest absolute Gasteiger partial charge is 0.444 e. The lowest BCUT2D eigenvalue weighted by Gasteiger charge is -2.32. The third-order valence-corrected chi connectivity index (χ3v) is 4.59. The Morgan fingerprint density at radius 1 is 1.26 bits per heavy atom. The van der Waals surface area contributed by atoms with Crippen molar-refractivity contribution >= 4 is 17.7 Å². The molecule has 0 fully saturated rings. The molecule has 0 atom stereocenters. The lowest BCUT2D eigenvalue weighted by atomic mass is 9.91. The van der Waals surface area contributed by atoms with Gasteiger partial charge in [-0.1, -0.05) is 6.07 Å². The van der Waals surface area contributed by atoms with Crippen LogP contribution in [0.2, 0.25) is 0 Å². The van der Waals surface area contributed by atoms with Gasteiger partial charge in [-0.3, -0.25) is 4.79 Å². The molecule has 6 nitrogen and oxygen atoms in total. The number of ether oxygens (including phenoxy) is 2. The van der Waals surface area contributed by atoms with Crippen molar-refractivity contribution in [1.29, 1.82) is 0 Å². The van der Waals surface area contributed by atoms with E-state index >= 15 is 0 Å². The van der Waals surface area contributed by atoms with Gasteiger partial charge in [0.25, 0.3) is 0 Å². The van der Waals surface area contributed by atoms with Crippen LogP contribution in [0.25, 0.3) is 0 Å². The fourth-order valence-corrected chi connectivity index (χ4v) is 3.31. The summed E-state index contributed by atoms with van der Waals surface area (Å²) in [5.41, 5.74) is 4.79. The van der Waals surface area contributed by atoms with E-state index in [1.807, 2.05) is 41.5 Å². The number of nitrogens with one attached hydrogen (secondary N) is 1. The van der Waals surface area contributed by atoms with Crippen molar-refractivity contribution in [3.05, 3.63) is 28.3 Å². The van der Waals surface area contributed by atoms with Crippen LogP contribution in [0.15, 0.2) is 6.07 Å². The van der Waals surface area contributed by atoms with Crippen LogP contribution in [0.5, 0.6) is 0 Å². The number of fused-ring (bicyclic) bond motifs is 1. The summed E-state index contributed by atoms with van der Waals surface area (Å²) in [6.45, 7) is 13.7. The van der Waals surface area contributed by atoms with E-state index in [0.717, 1.165) is 28.8 Å². The molecule has 0 saturated heterocycles. The zero-order chi connectivity index (χ0) is 20.2. The van der Waals surface area contributed by atoms with Gasteiger partial charge in [-0.25, -0.2) is 4.79 Å². The number of nitrogens with zero attached hydrogens (tertiary/aromatic N) is 1. The normalized spacial score (nSPS) is 13.9. The van der Waals surface area contributed by atoms with Gasteiger partial charge in [0.2, 0.25) is 5.91 Å². The van der Waals surface area contributed by atoms with E-state index in [0.29, 0.717) is 32.7 Å². The molecule has 150 valence electrons. The topological polar surface area (TPSA) is 67.9 Å². The Morgan fingerprint density at radius 2 is 1.96 bits per heavy atom. The maximum absolute atomic E-state index is 12.4. The second kappa shape index (κ2) is 8.74. The molecule has 1 aromatic carbocycles. The number of anilines is 1. The first-order chi connectivity index (χ1) is 12.6. The molecule has 6 heteroatoms. The summed E-state index contributed by atoms with van der Waals surface area (Å²) < 4.78 is 10.7. The van der Waals surface area contributed by atoms with Crippen LogP contribution in [0.3, 0.4) is 0 Å². The minimum atomic E-state index is -0.501. The Balaban J connectivity index is 2.13. The van der Waals surface area contributed by atoms with Gasteiger partial charge in [0.15, 0.2) is 0 Å². The van der Waals surface area contributed by atoms with Crippen molar-refractivity contribution in [2.75, 3.05) is 25.1 Å². The molecule has 2 amide bonds. The predicted molar refractivity (Wildman–Crippen MR) is 106 cm³/mol. The molecular formula is C21H32N2O4. The quantitative estimate of drug-likeness (QED) is 0.790. The Morgan fingerprint density at radius 3 is 2.59 bits per heavy atom. The minimum absolute atomic E-state index is 0.0409. The lowest BCUT2D eigenvalue weighted by molar-refractivity contribution is -0.117. The van der Waals surface area contributed by atoms with E-state index in [1.165, 1.54) is 5.56 Å². The molecule has 0 aliphatic carbocycles. The first-order valence-corrected chi connectivity index (χ1v) is 9.60. The molecule has 27 heavy (non-hydrogen) atoms. The zero-order valence-electron chi connectivity index (χ0n) is 17.4. The van der Waals surface area contributed by atoms with Gasteiger partial charge in [0, 0.05) is 25.4 Å². The maximum Gasteiger partial charge on any atom is 0.410 e. The molecule has 0 unspecified atom stereocenters. The fraction of sp³-hybridized carbons (Fsp3) is 0.619. The third-order valence-electron chi connectivity index (χ3n) is 4.59. The first kappa shape index (κ1) is 21.2. The Labute approximate surface area is 162 Å². The van der Waals surface area contributed by atoms with Gasteiger partial charge in [0.05, 0.1) is 13.0 Å². The van der Waals surface area contributed by atoms with Crippen LogP contribution in [0, 0.1) is 13.8 Å². The summed E-state index contributed by atoms with van der Waals surface area (Å²) in [6.07, 6.45) is 0.815. The standard InChI is InChI=1S/C21H32N2O4/c1-7-26-11-9-18(24)22-19-14(2)12-16-13-23(10-8-17(16)15(19)3)20(25)27-21(4,5)6/h12H,7-11,13H2,1-6H3,(H,22,24). The third kappa shape index (κ3) is 5.70. The van der Waals surface area contributed by atoms with Crippen LogP contribution in [0.4, 0.5) is 10.5 Å². The Hall–Kier alpha value is -2.08. The molecule has 0 spiro atoms. The molecule has 1 aliphatic heterocycles. The summed E-state index contributed by atoms with van der Waals surface area (Å²) in [5.74, 6) is -0.0409. The number of hydrogen-bond donors (Lipinski definition) is 1. The smallest absolute Gasteiger partial charge is 0.410 e. The van der Waals surface area contributed by atoms with Crippen molar-refractivity contribution in [3.63, 3.8) is 0 Å². The van der Waals surface area contributed by atoms with E-state index in [-0.39, 0.29) is 12.0 Å². The average Bonchev–Trinajstić information content (AvgIpc) is 2.57. The van der Waals surface area contributed by atoms with Gasteiger partial charge in [-0.15, -0.1) is 0 Å². The molecule has 1 aliphatic rings. The number of carbonyl (C=O) groups is 2. The lowest BCUT2D eigenvalue weighted by Crippen LogP contribution is -2.40. The van der Waals surface area contributed by atoms with Crippen LogP contribution >= 0.6 is 0 Å². The van der Waals surface area contributed by atoms with E-state index in [9.17, 15) is 9.59 Å². The van der Waals surface area contributed by atoms with Gasteiger partial charge in [-0.2, -0.15) is 0 Å². The Kier molecular flexibility index (Phi) is 6.87. The van der Waals surface area contributed by atoms with E-state index < -0.39 is 5.60 Å². The maximum atomic E-state index is 12.4. The van der Waals surface area contributed by atoms with Crippen molar-refractivity contribution in [2.45, 2.75) is 66.5 Å². The number of rotatable bonds is 5. The number of benzene rings is 1. The van der Waals surface area contributed by atoms with Gasteiger partial charge in [0.1, 0.15) is 5.60 Å². The molecule has 0 bridgehead atoms. The van der Waals surface area contributed by atoms with Gasteiger partial charge < -0.3 is 19.7 Å². The monoisotopic (exact) mass is 376 g/mol. The average molecular weight is 376 g/mol. The highest BCUT2D eigenvalue weighted by Crippen LogP contribution is 2.31. The van der Waals surface area contributed by atoms with E-state index in [2.05, 4.69) is 11.4 Å². The number of carbonyl (C=O) groups excluding carboxylic acids is 2. The van der Waals surface area contributed by atoms with Crippen LogP contribution < -0.4 is 5.32 Å². The highest BCUT2D eigenvalue weighted by Gasteiger charge is 2.27. The molecule has 1 heterocycles. The predicted octanol–water partition coefficient (Wildman–Crippen LogP) is 3.96. The summed E-state index contributed by atoms with van der Waals surface area (Å²) in [7, 11) is 0. The second-order valence-corrected chi connectivity index (χ2v) is 7.98. The van der Waals surface area contributed by atoms with Gasteiger partial charge >= 0.3 is 6.09 Å². The van der Waals surface area contributed by atoms with Crippen molar-refractivity contribution < 1.29 is 19.1 Å². The van der Waals surface area contributed by atoms with Crippen LogP contribution in [0.1, 0.15) is 56.4 Å². The highest BCUT2D eigenvalue weighted by molar-refractivity contribution is 5.92. The molecule has 2 rings (SSSR count). The number of hydrogen-bond acceptors (Lipinski definition) is 4. The first-order valence-electron chi connectivity index (χ1n) is 9.60. The van der Waals surface area contributed by atoms with Gasteiger partial charge in [-0.05, 0) is 70.2 Å². The Bertz CT molecular complexity index is 707. The van der Waals surface area contributed by atoms with Crippen LogP contribution in [-0.2, 0) is 27.2 Å². The van der Waals surface area contributed by atoms with Crippen LogP contribution in [-0.4, -0.2) is 42.3 Å². The van der Waals surface area contributed by atoms with Crippen molar-refractivity contribution in [3.8, 4) is 0 Å². The highest BCUT2D eigenvalue weighted by atomic mass is 16.6. The molecule has 1 N–H and O–H groups in total.